The molecule has 4 heteroatoms. The van der Waals surface area contributed by atoms with Gasteiger partial charge in [0.1, 0.15) is 0 Å². The van der Waals surface area contributed by atoms with Gasteiger partial charge in [0.05, 0.1) is 6.10 Å². The van der Waals surface area contributed by atoms with Crippen LogP contribution >= 0.6 is 0 Å². The molecule has 110 valence electrons. The number of hydrogen-bond donors (Lipinski definition) is 3. The van der Waals surface area contributed by atoms with Crippen LogP contribution in [0.2, 0.25) is 0 Å². The van der Waals surface area contributed by atoms with Crippen molar-refractivity contribution in [2.45, 2.75) is 19.4 Å². The zero-order valence-electron chi connectivity index (χ0n) is 12.0. The molecular weight excluding hydrogens is 264 g/mol. The van der Waals surface area contributed by atoms with Crippen molar-refractivity contribution in [1.29, 1.82) is 0 Å². The predicted octanol–water partition coefficient (Wildman–Crippen LogP) is 2.49. The summed E-state index contributed by atoms with van der Waals surface area (Å²) in [6.45, 7) is 2.17. The summed E-state index contributed by atoms with van der Waals surface area (Å²) >= 11 is 0. The lowest BCUT2D eigenvalue weighted by Crippen LogP contribution is -2.17. The fourth-order valence-corrected chi connectivity index (χ4v) is 2.28. The summed E-state index contributed by atoms with van der Waals surface area (Å²) in [5, 5.41) is 12.6. The lowest BCUT2D eigenvalue weighted by molar-refractivity contribution is 0.102. The summed E-state index contributed by atoms with van der Waals surface area (Å²) in [5.41, 5.74) is 8.44. The molecule has 1 unspecified atom stereocenters. The molecule has 4 nitrogen and oxygen atoms in total. The summed E-state index contributed by atoms with van der Waals surface area (Å²) in [7, 11) is 0. The highest BCUT2D eigenvalue weighted by atomic mass is 16.3. The molecule has 0 spiro atoms. The second kappa shape index (κ2) is 7.02. The molecule has 0 fully saturated rings. The molecule has 0 radical (unpaired) electrons. The first-order valence-electron chi connectivity index (χ1n) is 6.99. The number of rotatable bonds is 5. The van der Waals surface area contributed by atoms with Gasteiger partial charge in [-0.25, -0.2) is 0 Å². The number of hydrogen-bond acceptors (Lipinski definition) is 3. The van der Waals surface area contributed by atoms with E-state index in [9.17, 15) is 9.90 Å². The van der Waals surface area contributed by atoms with Crippen LogP contribution in [-0.4, -0.2) is 17.6 Å². The minimum atomic E-state index is -0.638. The molecule has 1 atom stereocenters. The molecule has 0 bridgehead atoms. The second-order valence-electron chi connectivity index (χ2n) is 4.91. The van der Waals surface area contributed by atoms with Gasteiger partial charge in [-0.05, 0) is 37.6 Å². The normalized spacial score (nSPS) is 12.0. The molecule has 0 aliphatic rings. The number of nitrogens with two attached hydrogens (primary N) is 1. The summed E-state index contributed by atoms with van der Waals surface area (Å²) in [6.07, 6.45) is 0.0162. The number of carbonyl (C=O) groups excluding carboxylic acids is 1. The molecular formula is C17H20N2O2. The average molecular weight is 284 g/mol. The Balaban J connectivity index is 2.27. The number of carbonyl (C=O) groups is 1. The van der Waals surface area contributed by atoms with E-state index in [-0.39, 0.29) is 5.91 Å². The fourth-order valence-electron chi connectivity index (χ4n) is 2.28. The van der Waals surface area contributed by atoms with Crippen LogP contribution in [0.3, 0.4) is 0 Å². The van der Waals surface area contributed by atoms with Crippen LogP contribution in [0.5, 0.6) is 0 Å². The van der Waals surface area contributed by atoms with E-state index < -0.39 is 6.10 Å². The zero-order valence-corrected chi connectivity index (χ0v) is 12.0. The third-order valence-corrected chi connectivity index (χ3v) is 3.33. The standard InChI is InChI=1S/C17H20N2O2/c1-12(20)14-7-4-5-9-16(14)19-17(21)15-8-3-2-6-13(15)10-11-18/h2-9,12,20H,10-11,18H2,1H3,(H,19,21). The van der Waals surface area contributed by atoms with Crippen molar-refractivity contribution in [2.75, 3.05) is 11.9 Å². The molecule has 21 heavy (non-hydrogen) atoms. The highest BCUT2D eigenvalue weighted by Crippen LogP contribution is 2.23. The molecule has 0 saturated heterocycles. The van der Waals surface area contributed by atoms with Crippen LogP contribution in [0.4, 0.5) is 5.69 Å². The summed E-state index contributed by atoms with van der Waals surface area (Å²) < 4.78 is 0. The maximum absolute atomic E-state index is 12.5. The van der Waals surface area contributed by atoms with Crippen molar-refractivity contribution in [3.05, 3.63) is 65.2 Å². The van der Waals surface area contributed by atoms with E-state index in [1.807, 2.05) is 30.3 Å². The number of aliphatic hydroxyl groups is 1. The molecule has 2 rings (SSSR count). The van der Waals surface area contributed by atoms with Gasteiger partial charge in [0.2, 0.25) is 0 Å². The molecule has 0 aromatic heterocycles. The zero-order chi connectivity index (χ0) is 15.2. The van der Waals surface area contributed by atoms with Gasteiger partial charge in [-0.3, -0.25) is 4.79 Å². The topological polar surface area (TPSA) is 75.3 Å². The van der Waals surface area contributed by atoms with Crippen LogP contribution in [0.25, 0.3) is 0 Å². The lowest BCUT2D eigenvalue weighted by Gasteiger charge is -2.14. The van der Waals surface area contributed by atoms with Crippen molar-refractivity contribution in [3.63, 3.8) is 0 Å². The van der Waals surface area contributed by atoms with Gasteiger partial charge in [-0.2, -0.15) is 0 Å². The van der Waals surface area contributed by atoms with E-state index in [4.69, 9.17) is 5.73 Å². The van der Waals surface area contributed by atoms with E-state index in [1.54, 1.807) is 25.1 Å². The number of aliphatic hydroxyl groups excluding tert-OH is 1. The fraction of sp³-hybridized carbons (Fsp3) is 0.235. The maximum Gasteiger partial charge on any atom is 0.255 e. The maximum atomic E-state index is 12.5. The van der Waals surface area contributed by atoms with Crippen LogP contribution in [0.1, 0.15) is 34.5 Å². The average Bonchev–Trinajstić information content (AvgIpc) is 2.48. The Hall–Kier alpha value is -2.17. The molecule has 0 aliphatic carbocycles. The second-order valence-corrected chi connectivity index (χ2v) is 4.91. The smallest absolute Gasteiger partial charge is 0.255 e. The van der Waals surface area contributed by atoms with E-state index in [1.165, 1.54) is 0 Å². The van der Waals surface area contributed by atoms with Gasteiger partial charge in [0.25, 0.3) is 5.91 Å². The van der Waals surface area contributed by atoms with Gasteiger partial charge >= 0.3 is 0 Å². The highest BCUT2D eigenvalue weighted by molar-refractivity contribution is 6.05. The first kappa shape index (κ1) is 15.2. The number of anilines is 1. The third kappa shape index (κ3) is 3.68. The largest absolute Gasteiger partial charge is 0.389 e. The SMILES string of the molecule is CC(O)c1ccccc1NC(=O)c1ccccc1CCN. The van der Waals surface area contributed by atoms with Crippen molar-refractivity contribution >= 4 is 11.6 Å². The molecule has 4 N–H and O–H groups in total. The van der Waals surface area contributed by atoms with Crippen LogP contribution in [0.15, 0.2) is 48.5 Å². The third-order valence-electron chi connectivity index (χ3n) is 3.33. The van der Waals surface area contributed by atoms with Crippen LogP contribution in [0, 0.1) is 0 Å². The van der Waals surface area contributed by atoms with Crippen molar-refractivity contribution in [1.82, 2.24) is 0 Å². The Morgan fingerprint density at radius 2 is 1.86 bits per heavy atom. The van der Waals surface area contributed by atoms with Gasteiger partial charge < -0.3 is 16.2 Å². The Morgan fingerprint density at radius 1 is 1.19 bits per heavy atom. The van der Waals surface area contributed by atoms with E-state index in [0.29, 0.717) is 29.8 Å². The van der Waals surface area contributed by atoms with Gasteiger partial charge in [0, 0.05) is 16.8 Å². The van der Waals surface area contributed by atoms with Crippen molar-refractivity contribution < 1.29 is 9.90 Å². The van der Waals surface area contributed by atoms with Gasteiger partial charge in [0.15, 0.2) is 0 Å². The van der Waals surface area contributed by atoms with Crippen LogP contribution < -0.4 is 11.1 Å². The Kier molecular flexibility index (Phi) is 5.09. The molecule has 2 aromatic rings. The minimum absolute atomic E-state index is 0.188. The molecule has 0 saturated carbocycles. The monoisotopic (exact) mass is 284 g/mol. The molecule has 2 aromatic carbocycles. The first-order valence-corrected chi connectivity index (χ1v) is 6.99. The highest BCUT2D eigenvalue weighted by Gasteiger charge is 2.13. The first-order chi connectivity index (χ1) is 10.1. The Bertz CT molecular complexity index is 624. The molecule has 0 heterocycles. The quantitative estimate of drug-likeness (QED) is 0.789. The van der Waals surface area contributed by atoms with E-state index in [0.717, 1.165) is 5.56 Å². The van der Waals surface area contributed by atoms with Crippen molar-refractivity contribution in [3.8, 4) is 0 Å². The van der Waals surface area contributed by atoms with Crippen molar-refractivity contribution in [2.24, 2.45) is 5.73 Å². The van der Waals surface area contributed by atoms with E-state index in [2.05, 4.69) is 5.32 Å². The van der Waals surface area contributed by atoms with Gasteiger partial charge in [-0.15, -0.1) is 0 Å². The number of amides is 1. The molecule has 1 amide bonds. The molecule has 0 aliphatic heterocycles. The summed E-state index contributed by atoms with van der Waals surface area (Å²) in [5.74, 6) is -0.188. The Labute approximate surface area is 124 Å². The number of para-hydroxylation sites is 1. The summed E-state index contributed by atoms with van der Waals surface area (Å²) in [4.78, 5) is 12.5. The number of benzene rings is 2. The lowest BCUT2D eigenvalue weighted by atomic mass is 10.0. The Morgan fingerprint density at radius 3 is 2.57 bits per heavy atom. The number of nitrogens with one attached hydrogen (secondary N) is 1. The van der Waals surface area contributed by atoms with Crippen LogP contribution in [-0.2, 0) is 6.42 Å². The van der Waals surface area contributed by atoms with E-state index >= 15 is 0 Å². The van der Waals surface area contributed by atoms with Gasteiger partial charge in [-0.1, -0.05) is 36.4 Å². The predicted molar refractivity (Wildman–Crippen MR) is 84.2 cm³/mol. The minimum Gasteiger partial charge on any atom is -0.389 e. The summed E-state index contributed by atoms with van der Waals surface area (Å²) in [6, 6.07) is 14.7.